The van der Waals surface area contributed by atoms with Crippen molar-refractivity contribution in [2.45, 2.75) is 0 Å². The molecule has 98 valence electrons. The second-order valence-corrected chi connectivity index (χ2v) is 4.05. The van der Waals surface area contributed by atoms with Crippen LogP contribution in [0.15, 0.2) is 61.1 Å². The van der Waals surface area contributed by atoms with Gasteiger partial charge in [0.1, 0.15) is 0 Å². The molecule has 0 aliphatic carbocycles. The largest absolute Gasteiger partial charge is 0.319 e. The van der Waals surface area contributed by atoms with Gasteiger partial charge < -0.3 is 5.32 Å². The van der Waals surface area contributed by atoms with Crippen molar-refractivity contribution in [3.8, 4) is 5.69 Å². The highest BCUT2D eigenvalue weighted by atomic mass is 16.2. The van der Waals surface area contributed by atoms with Crippen LogP contribution >= 0.6 is 0 Å². The van der Waals surface area contributed by atoms with Crippen molar-refractivity contribution in [1.29, 1.82) is 0 Å². The Morgan fingerprint density at radius 3 is 2.65 bits per heavy atom. The van der Waals surface area contributed by atoms with Gasteiger partial charge in [0.2, 0.25) is 0 Å². The van der Waals surface area contributed by atoms with Gasteiger partial charge in [-0.3, -0.25) is 9.78 Å². The van der Waals surface area contributed by atoms with Crippen LogP contribution in [0.25, 0.3) is 5.69 Å². The van der Waals surface area contributed by atoms with E-state index in [1.807, 2.05) is 30.3 Å². The molecule has 0 spiro atoms. The Kier molecular flexibility index (Phi) is 3.20. The summed E-state index contributed by atoms with van der Waals surface area (Å²) in [4.78, 5) is 17.3. The van der Waals surface area contributed by atoms with Gasteiger partial charge in [-0.2, -0.15) is 9.90 Å². The summed E-state index contributed by atoms with van der Waals surface area (Å²) < 4.78 is 0. The minimum Gasteiger partial charge on any atom is -0.319 e. The predicted octanol–water partition coefficient (Wildman–Crippen LogP) is 1.91. The van der Waals surface area contributed by atoms with Gasteiger partial charge in [-0.25, -0.2) is 0 Å². The van der Waals surface area contributed by atoms with Crippen LogP contribution in [-0.2, 0) is 0 Å². The van der Waals surface area contributed by atoms with Gasteiger partial charge in [0, 0.05) is 6.20 Å². The molecular weight excluding hydrogens is 254 g/mol. The molecule has 6 nitrogen and oxygen atoms in total. The van der Waals surface area contributed by atoms with E-state index in [1.54, 1.807) is 24.5 Å². The predicted molar refractivity (Wildman–Crippen MR) is 73.5 cm³/mol. The van der Waals surface area contributed by atoms with Crippen molar-refractivity contribution >= 4 is 11.6 Å². The molecule has 6 heteroatoms. The number of aromatic nitrogens is 4. The Morgan fingerprint density at radius 1 is 1.05 bits per heavy atom. The molecule has 0 radical (unpaired) electrons. The van der Waals surface area contributed by atoms with Crippen molar-refractivity contribution in [3.05, 3.63) is 66.7 Å². The fourth-order valence-corrected chi connectivity index (χ4v) is 1.68. The molecule has 0 saturated heterocycles. The zero-order valence-electron chi connectivity index (χ0n) is 10.5. The summed E-state index contributed by atoms with van der Waals surface area (Å²) in [6.45, 7) is 0. The molecule has 0 aliphatic rings. The zero-order chi connectivity index (χ0) is 13.8. The molecule has 0 bridgehead atoms. The standard InChI is InChI=1S/C14H11N5O/c20-14(17-11-5-4-8-15-9-11)13-10-16-19(18-13)12-6-2-1-3-7-12/h1-10H,(H,17,20). The van der Waals surface area contributed by atoms with E-state index in [-0.39, 0.29) is 11.6 Å². The van der Waals surface area contributed by atoms with Crippen molar-refractivity contribution < 1.29 is 4.79 Å². The number of nitrogens with zero attached hydrogens (tertiary/aromatic N) is 4. The van der Waals surface area contributed by atoms with Crippen molar-refractivity contribution in [3.63, 3.8) is 0 Å². The molecule has 2 heterocycles. The van der Waals surface area contributed by atoms with Crippen LogP contribution in [-0.4, -0.2) is 25.9 Å². The molecule has 3 rings (SSSR count). The lowest BCUT2D eigenvalue weighted by atomic mass is 10.3. The summed E-state index contributed by atoms with van der Waals surface area (Å²) >= 11 is 0. The highest BCUT2D eigenvalue weighted by Gasteiger charge is 2.11. The number of pyridine rings is 1. The van der Waals surface area contributed by atoms with Gasteiger partial charge in [0.15, 0.2) is 5.69 Å². The lowest BCUT2D eigenvalue weighted by Gasteiger charge is -2.01. The quantitative estimate of drug-likeness (QED) is 0.785. The average molecular weight is 265 g/mol. The van der Waals surface area contributed by atoms with Crippen LogP contribution in [0.5, 0.6) is 0 Å². The van der Waals surface area contributed by atoms with Gasteiger partial charge in [-0.1, -0.05) is 18.2 Å². The second kappa shape index (κ2) is 5.31. The molecular formula is C14H11N5O. The lowest BCUT2D eigenvalue weighted by Crippen LogP contribution is -2.13. The molecule has 0 atom stereocenters. The molecule has 2 aromatic heterocycles. The summed E-state index contributed by atoms with van der Waals surface area (Å²) in [5, 5.41) is 10.9. The zero-order valence-corrected chi connectivity index (χ0v) is 10.5. The third-order valence-corrected chi connectivity index (χ3v) is 2.63. The Balaban J connectivity index is 1.79. The Morgan fingerprint density at radius 2 is 1.90 bits per heavy atom. The summed E-state index contributed by atoms with van der Waals surface area (Å²) in [5.74, 6) is -0.319. The number of rotatable bonds is 3. The molecule has 0 unspecified atom stereocenters. The van der Waals surface area contributed by atoms with Gasteiger partial charge in [0.25, 0.3) is 5.91 Å². The normalized spacial score (nSPS) is 10.2. The summed E-state index contributed by atoms with van der Waals surface area (Å²) in [7, 11) is 0. The molecule has 0 fully saturated rings. The van der Waals surface area contributed by atoms with Crippen LogP contribution in [0, 0.1) is 0 Å². The minimum atomic E-state index is -0.319. The molecule has 1 N–H and O–H groups in total. The fraction of sp³-hybridized carbons (Fsp3) is 0. The van der Waals surface area contributed by atoms with E-state index in [4.69, 9.17) is 0 Å². The minimum absolute atomic E-state index is 0.248. The number of para-hydroxylation sites is 1. The number of amides is 1. The van der Waals surface area contributed by atoms with E-state index in [1.165, 1.54) is 11.0 Å². The van der Waals surface area contributed by atoms with E-state index >= 15 is 0 Å². The molecule has 1 aromatic carbocycles. The van der Waals surface area contributed by atoms with Gasteiger partial charge >= 0.3 is 0 Å². The number of nitrogens with one attached hydrogen (secondary N) is 1. The van der Waals surface area contributed by atoms with Crippen molar-refractivity contribution in [2.75, 3.05) is 5.32 Å². The van der Waals surface area contributed by atoms with Crippen molar-refractivity contribution in [1.82, 2.24) is 20.0 Å². The number of carbonyl (C=O) groups excluding carboxylic acids is 1. The van der Waals surface area contributed by atoms with Crippen LogP contribution in [0.1, 0.15) is 10.5 Å². The first-order chi connectivity index (χ1) is 9.83. The number of hydrogen-bond acceptors (Lipinski definition) is 4. The van der Waals surface area contributed by atoms with Crippen molar-refractivity contribution in [2.24, 2.45) is 0 Å². The molecule has 0 aliphatic heterocycles. The fourth-order valence-electron chi connectivity index (χ4n) is 1.68. The molecule has 20 heavy (non-hydrogen) atoms. The molecule has 1 amide bonds. The topological polar surface area (TPSA) is 72.7 Å². The first kappa shape index (κ1) is 12.0. The maximum atomic E-state index is 12.0. The average Bonchev–Trinajstić information content (AvgIpc) is 2.99. The van der Waals surface area contributed by atoms with Crippen LogP contribution in [0.4, 0.5) is 5.69 Å². The van der Waals surface area contributed by atoms with Crippen LogP contribution in [0.3, 0.4) is 0 Å². The van der Waals surface area contributed by atoms with Crippen LogP contribution in [0.2, 0.25) is 0 Å². The first-order valence-electron chi connectivity index (χ1n) is 6.02. The van der Waals surface area contributed by atoms with Gasteiger partial charge in [-0.05, 0) is 24.3 Å². The Hall–Kier alpha value is -3.02. The highest BCUT2D eigenvalue weighted by Crippen LogP contribution is 2.07. The maximum absolute atomic E-state index is 12.0. The number of carbonyl (C=O) groups is 1. The summed E-state index contributed by atoms with van der Waals surface area (Å²) in [6, 6.07) is 12.9. The summed E-state index contributed by atoms with van der Waals surface area (Å²) in [5.41, 5.74) is 1.66. The smallest absolute Gasteiger partial charge is 0.277 e. The Bertz CT molecular complexity index is 709. The van der Waals surface area contributed by atoms with E-state index in [2.05, 4.69) is 20.5 Å². The first-order valence-corrected chi connectivity index (χ1v) is 6.02. The van der Waals surface area contributed by atoms with Gasteiger partial charge in [0.05, 0.1) is 23.8 Å². The van der Waals surface area contributed by atoms with E-state index in [0.717, 1.165) is 5.69 Å². The molecule has 3 aromatic rings. The van der Waals surface area contributed by atoms with Crippen LogP contribution < -0.4 is 5.32 Å². The number of anilines is 1. The SMILES string of the molecule is O=C(Nc1cccnc1)c1cnn(-c2ccccc2)n1. The number of benzene rings is 1. The monoisotopic (exact) mass is 265 g/mol. The third-order valence-electron chi connectivity index (χ3n) is 2.63. The maximum Gasteiger partial charge on any atom is 0.277 e. The second-order valence-electron chi connectivity index (χ2n) is 4.05. The van der Waals surface area contributed by atoms with E-state index in [0.29, 0.717) is 5.69 Å². The van der Waals surface area contributed by atoms with Gasteiger partial charge in [-0.15, -0.1) is 5.10 Å². The lowest BCUT2D eigenvalue weighted by molar-refractivity contribution is 0.102. The van der Waals surface area contributed by atoms with E-state index < -0.39 is 0 Å². The third kappa shape index (κ3) is 2.54. The summed E-state index contributed by atoms with van der Waals surface area (Å²) in [6.07, 6.45) is 4.64. The Labute approximate surface area is 115 Å². The number of hydrogen-bond donors (Lipinski definition) is 1. The highest BCUT2D eigenvalue weighted by molar-refractivity contribution is 6.02. The van der Waals surface area contributed by atoms with E-state index in [9.17, 15) is 4.79 Å². The molecule has 0 saturated carbocycles.